The van der Waals surface area contributed by atoms with Gasteiger partial charge in [-0.3, -0.25) is 0 Å². The predicted octanol–water partition coefficient (Wildman–Crippen LogP) is -0.369. The standard InChI is InChI=1S/C5H7N3O2S/c1-2-8-4-5(3-7-8)11(6,9)10/h2-4H,1H2,(H2,6,9,10). The van der Waals surface area contributed by atoms with Crippen molar-refractivity contribution >= 4 is 16.2 Å². The summed E-state index contributed by atoms with van der Waals surface area (Å²) in [5.41, 5.74) is 0. The van der Waals surface area contributed by atoms with Gasteiger partial charge in [-0.15, -0.1) is 0 Å². The van der Waals surface area contributed by atoms with Gasteiger partial charge in [0.25, 0.3) is 0 Å². The first-order valence-electron chi connectivity index (χ1n) is 2.73. The molecule has 5 nitrogen and oxygen atoms in total. The molecule has 0 aliphatic heterocycles. The zero-order valence-electron chi connectivity index (χ0n) is 5.64. The summed E-state index contributed by atoms with van der Waals surface area (Å²) in [6, 6.07) is 0. The number of rotatable bonds is 2. The van der Waals surface area contributed by atoms with Crippen molar-refractivity contribution in [2.45, 2.75) is 4.90 Å². The summed E-state index contributed by atoms with van der Waals surface area (Å²) in [5.74, 6) is 0. The van der Waals surface area contributed by atoms with E-state index in [1.807, 2.05) is 0 Å². The first kappa shape index (κ1) is 7.96. The molecule has 0 saturated heterocycles. The molecule has 0 atom stereocenters. The van der Waals surface area contributed by atoms with Gasteiger partial charge in [0, 0.05) is 6.20 Å². The zero-order valence-corrected chi connectivity index (χ0v) is 6.45. The van der Waals surface area contributed by atoms with Crippen LogP contribution in [-0.4, -0.2) is 18.2 Å². The van der Waals surface area contributed by atoms with Crippen LogP contribution >= 0.6 is 0 Å². The topological polar surface area (TPSA) is 78.0 Å². The highest BCUT2D eigenvalue weighted by Crippen LogP contribution is 2.02. The van der Waals surface area contributed by atoms with Crippen LogP contribution in [0.25, 0.3) is 6.20 Å². The molecule has 0 aliphatic carbocycles. The Morgan fingerprint density at radius 2 is 2.36 bits per heavy atom. The van der Waals surface area contributed by atoms with Crippen LogP contribution in [0.1, 0.15) is 0 Å². The Labute approximate surface area is 64.2 Å². The second-order valence-electron chi connectivity index (χ2n) is 1.88. The molecule has 0 spiro atoms. The summed E-state index contributed by atoms with van der Waals surface area (Å²) in [5, 5.41) is 8.45. The average molecular weight is 173 g/mol. The van der Waals surface area contributed by atoms with Crippen LogP contribution in [0, 0.1) is 0 Å². The first-order valence-corrected chi connectivity index (χ1v) is 4.28. The van der Waals surface area contributed by atoms with Crippen LogP contribution in [0.4, 0.5) is 0 Å². The highest BCUT2D eigenvalue weighted by Gasteiger charge is 2.08. The lowest BCUT2D eigenvalue weighted by molar-refractivity contribution is 0.598. The van der Waals surface area contributed by atoms with Crippen LogP contribution in [0.15, 0.2) is 23.9 Å². The Kier molecular flexibility index (Phi) is 1.79. The summed E-state index contributed by atoms with van der Waals surface area (Å²) in [4.78, 5) is -0.0163. The van der Waals surface area contributed by atoms with Crippen molar-refractivity contribution in [1.29, 1.82) is 0 Å². The summed E-state index contributed by atoms with van der Waals surface area (Å²) < 4.78 is 22.6. The van der Waals surface area contributed by atoms with E-state index in [0.717, 1.165) is 6.20 Å². The van der Waals surface area contributed by atoms with E-state index in [-0.39, 0.29) is 4.90 Å². The van der Waals surface area contributed by atoms with E-state index in [4.69, 9.17) is 5.14 Å². The summed E-state index contributed by atoms with van der Waals surface area (Å²) in [6.45, 7) is 3.39. The van der Waals surface area contributed by atoms with Gasteiger partial charge in [-0.1, -0.05) is 6.58 Å². The summed E-state index contributed by atoms with van der Waals surface area (Å²) in [6.07, 6.45) is 3.81. The van der Waals surface area contributed by atoms with E-state index in [9.17, 15) is 8.42 Å². The second kappa shape index (κ2) is 2.48. The van der Waals surface area contributed by atoms with Crippen molar-refractivity contribution < 1.29 is 8.42 Å². The number of primary sulfonamides is 1. The lowest BCUT2D eigenvalue weighted by Crippen LogP contribution is -2.10. The van der Waals surface area contributed by atoms with E-state index in [1.165, 1.54) is 17.1 Å². The number of hydrogen-bond acceptors (Lipinski definition) is 3. The van der Waals surface area contributed by atoms with E-state index < -0.39 is 10.0 Å². The van der Waals surface area contributed by atoms with Crippen molar-refractivity contribution in [2.75, 3.05) is 0 Å². The van der Waals surface area contributed by atoms with Gasteiger partial charge in [0.05, 0.1) is 12.4 Å². The molecule has 1 aromatic rings. The Hall–Kier alpha value is -1.14. The maximum absolute atomic E-state index is 10.7. The summed E-state index contributed by atoms with van der Waals surface area (Å²) in [7, 11) is -3.62. The van der Waals surface area contributed by atoms with E-state index in [1.54, 1.807) is 0 Å². The Morgan fingerprint density at radius 3 is 2.64 bits per heavy atom. The molecule has 0 aliphatic rings. The molecule has 1 rings (SSSR count). The van der Waals surface area contributed by atoms with Crippen molar-refractivity contribution in [3.8, 4) is 0 Å². The predicted molar refractivity (Wildman–Crippen MR) is 40.0 cm³/mol. The lowest BCUT2D eigenvalue weighted by atomic mass is 10.7. The van der Waals surface area contributed by atoms with Gasteiger partial charge < -0.3 is 0 Å². The molecule has 1 aromatic heterocycles. The molecule has 0 radical (unpaired) electrons. The molecule has 6 heteroatoms. The molecule has 0 bridgehead atoms. The first-order chi connectivity index (χ1) is 5.04. The number of aromatic nitrogens is 2. The number of nitrogens with zero attached hydrogens (tertiary/aromatic N) is 2. The lowest BCUT2D eigenvalue weighted by Gasteiger charge is -1.87. The van der Waals surface area contributed by atoms with E-state index >= 15 is 0 Å². The van der Waals surface area contributed by atoms with Crippen molar-refractivity contribution in [3.05, 3.63) is 19.0 Å². The van der Waals surface area contributed by atoms with Gasteiger partial charge >= 0.3 is 0 Å². The normalized spacial score (nSPS) is 11.4. The van der Waals surface area contributed by atoms with Gasteiger partial charge in [-0.05, 0) is 0 Å². The van der Waals surface area contributed by atoms with Crippen LogP contribution in [0.3, 0.4) is 0 Å². The Bertz CT molecular complexity index is 365. The quantitative estimate of drug-likeness (QED) is 0.662. The zero-order chi connectivity index (χ0) is 8.48. The molecule has 0 aromatic carbocycles. The smallest absolute Gasteiger partial charge is 0.241 e. The minimum absolute atomic E-state index is 0.0163. The van der Waals surface area contributed by atoms with Gasteiger partial charge in [0.2, 0.25) is 10.0 Å². The van der Waals surface area contributed by atoms with Crippen LogP contribution in [0.2, 0.25) is 0 Å². The molecule has 60 valence electrons. The van der Waals surface area contributed by atoms with Gasteiger partial charge in [0.15, 0.2) is 0 Å². The summed E-state index contributed by atoms with van der Waals surface area (Å²) >= 11 is 0. The third-order valence-corrected chi connectivity index (χ3v) is 1.96. The van der Waals surface area contributed by atoms with Crippen LogP contribution in [0.5, 0.6) is 0 Å². The fraction of sp³-hybridized carbons (Fsp3) is 0. The molecule has 0 unspecified atom stereocenters. The Balaban J connectivity index is 3.18. The van der Waals surface area contributed by atoms with Crippen molar-refractivity contribution in [1.82, 2.24) is 9.78 Å². The number of nitrogens with two attached hydrogens (primary N) is 1. The average Bonchev–Trinajstić information content (AvgIpc) is 2.32. The monoisotopic (exact) mass is 173 g/mol. The van der Waals surface area contributed by atoms with Crippen molar-refractivity contribution in [3.63, 3.8) is 0 Å². The van der Waals surface area contributed by atoms with E-state index in [2.05, 4.69) is 11.7 Å². The second-order valence-corrected chi connectivity index (χ2v) is 3.45. The largest absolute Gasteiger partial charge is 0.247 e. The van der Waals surface area contributed by atoms with E-state index in [0.29, 0.717) is 0 Å². The molecule has 0 saturated carbocycles. The van der Waals surface area contributed by atoms with Gasteiger partial charge in [0.1, 0.15) is 4.90 Å². The van der Waals surface area contributed by atoms with Crippen molar-refractivity contribution in [2.24, 2.45) is 5.14 Å². The SMILES string of the molecule is C=Cn1cc(S(N)(=O)=O)cn1. The minimum Gasteiger partial charge on any atom is -0.247 e. The molecule has 1 heterocycles. The maximum Gasteiger partial charge on any atom is 0.241 e. The Morgan fingerprint density at radius 1 is 1.73 bits per heavy atom. The van der Waals surface area contributed by atoms with Crippen LogP contribution < -0.4 is 5.14 Å². The highest BCUT2D eigenvalue weighted by atomic mass is 32.2. The number of hydrogen-bond donors (Lipinski definition) is 1. The molecular weight excluding hydrogens is 166 g/mol. The molecule has 0 fully saturated rings. The fourth-order valence-corrected chi connectivity index (χ4v) is 1.02. The molecule has 0 amide bonds. The fourth-order valence-electron chi connectivity index (χ4n) is 0.567. The minimum atomic E-state index is -3.62. The highest BCUT2D eigenvalue weighted by molar-refractivity contribution is 7.89. The van der Waals surface area contributed by atoms with Gasteiger partial charge in [-0.25, -0.2) is 18.2 Å². The number of sulfonamides is 1. The van der Waals surface area contributed by atoms with Crippen LogP contribution in [-0.2, 0) is 10.0 Å². The molecule has 11 heavy (non-hydrogen) atoms. The third kappa shape index (κ3) is 1.66. The van der Waals surface area contributed by atoms with Gasteiger partial charge in [-0.2, -0.15) is 5.10 Å². The third-order valence-electron chi connectivity index (χ3n) is 1.09. The maximum atomic E-state index is 10.7. The molecule has 2 N–H and O–H groups in total. The molecular formula is C5H7N3O2S.